The highest BCUT2D eigenvalue weighted by Gasteiger charge is 2.16. The van der Waals surface area contributed by atoms with Crippen LogP contribution in [0.15, 0.2) is 60.3 Å². The molecule has 4 rings (SSSR count). The molecule has 0 unspecified atom stereocenters. The lowest BCUT2D eigenvalue weighted by Gasteiger charge is -2.19. The van der Waals surface area contributed by atoms with Crippen molar-refractivity contribution in [3.63, 3.8) is 0 Å². The lowest BCUT2D eigenvalue weighted by molar-refractivity contribution is -0.113. The molecule has 1 aliphatic heterocycles. The number of benzene rings is 2. The monoisotopic (exact) mass is 426 g/mol. The van der Waals surface area contributed by atoms with Gasteiger partial charge in [0.15, 0.2) is 22.5 Å². The Morgan fingerprint density at radius 3 is 2.70 bits per heavy atom. The number of carbonyl (C=O) groups excluding carboxylic acids is 1. The summed E-state index contributed by atoms with van der Waals surface area (Å²) in [5.41, 5.74) is 1.36. The van der Waals surface area contributed by atoms with Crippen molar-refractivity contribution in [2.24, 2.45) is 0 Å². The van der Waals surface area contributed by atoms with Crippen LogP contribution in [0.2, 0.25) is 0 Å². The molecule has 7 nitrogen and oxygen atoms in total. The second-order valence-electron chi connectivity index (χ2n) is 6.41. The highest BCUT2D eigenvalue weighted by atomic mass is 32.2. The lowest BCUT2D eigenvalue weighted by Crippen LogP contribution is -2.17. The summed E-state index contributed by atoms with van der Waals surface area (Å²) in [7, 11) is 0. The van der Waals surface area contributed by atoms with Gasteiger partial charge in [0.25, 0.3) is 0 Å². The number of ether oxygens (including phenoxy) is 2. The smallest absolute Gasteiger partial charge is 0.234 e. The Morgan fingerprint density at radius 2 is 1.93 bits per heavy atom. The van der Waals surface area contributed by atoms with Gasteiger partial charge in [-0.25, -0.2) is 4.39 Å². The predicted molar refractivity (Wildman–Crippen MR) is 112 cm³/mol. The van der Waals surface area contributed by atoms with Gasteiger partial charge in [-0.2, -0.15) is 0 Å². The molecule has 1 aromatic heterocycles. The molecular formula is C21H19FN4O3S. The van der Waals surface area contributed by atoms with Crippen LogP contribution in [0, 0.1) is 5.82 Å². The molecule has 0 atom stereocenters. The van der Waals surface area contributed by atoms with Crippen LogP contribution >= 0.6 is 11.8 Å². The first-order valence-electron chi connectivity index (χ1n) is 9.26. The van der Waals surface area contributed by atoms with Gasteiger partial charge < -0.3 is 14.8 Å². The number of thioether (sulfide) groups is 1. The molecule has 0 saturated carbocycles. The summed E-state index contributed by atoms with van der Waals surface area (Å²) in [6, 6.07) is 11.3. The van der Waals surface area contributed by atoms with Gasteiger partial charge >= 0.3 is 0 Å². The van der Waals surface area contributed by atoms with E-state index in [0.717, 1.165) is 5.56 Å². The van der Waals surface area contributed by atoms with Crippen LogP contribution in [0.3, 0.4) is 0 Å². The van der Waals surface area contributed by atoms with Crippen LogP contribution in [0.1, 0.15) is 0 Å². The number of fused-ring (bicyclic) bond motifs is 1. The van der Waals surface area contributed by atoms with Crippen molar-refractivity contribution < 1.29 is 18.7 Å². The first kappa shape index (κ1) is 20.0. The van der Waals surface area contributed by atoms with Crippen LogP contribution in [-0.4, -0.2) is 39.6 Å². The van der Waals surface area contributed by atoms with Gasteiger partial charge in [-0.05, 0) is 36.4 Å². The number of rotatable bonds is 7. The van der Waals surface area contributed by atoms with Crippen LogP contribution in [0.25, 0.3) is 11.4 Å². The molecular weight excluding hydrogens is 407 g/mol. The first-order valence-corrected chi connectivity index (χ1v) is 10.2. The SMILES string of the molecule is C=CCn1c(SCC(=O)Nc2ccc3c(c2)OCCO3)nnc1-c1ccc(F)cc1. The Kier molecular flexibility index (Phi) is 5.99. The van der Waals surface area contributed by atoms with Crippen LogP contribution in [0.4, 0.5) is 10.1 Å². The van der Waals surface area contributed by atoms with E-state index < -0.39 is 0 Å². The van der Waals surface area contributed by atoms with E-state index in [1.807, 2.05) is 4.57 Å². The van der Waals surface area contributed by atoms with Gasteiger partial charge in [0, 0.05) is 23.9 Å². The van der Waals surface area contributed by atoms with Crippen molar-refractivity contribution in [3.05, 3.63) is 60.9 Å². The van der Waals surface area contributed by atoms with Gasteiger partial charge in [-0.1, -0.05) is 17.8 Å². The Bertz CT molecular complexity index is 1070. The minimum absolute atomic E-state index is 0.146. The number of hydrogen-bond acceptors (Lipinski definition) is 6. The number of anilines is 1. The van der Waals surface area contributed by atoms with E-state index in [1.54, 1.807) is 36.4 Å². The average molecular weight is 426 g/mol. The topological polar surface area (TPSA) is 78.3 Å². The molecule has 0 aliphatic carbocycles. The van der Waals surface area contributed by atoms with Crippen molar-refractivity contribution in [2.75, 3.05) is 24.3 Å². The predicted octanol–water partition coefficient (Wildman–Crippen LogP) is 3.77. The van der Waals surface area contributed by atoms with Crippen molar-refractivity contribution in [1.82, 2.24) is 14.8 Å². The van der Waals surface area contributed by atoms with Crippen LogP contribution < -0.4 is 14.8 Å². The highest BCUT2D eigenvalue weighted by Crippen LogP contribution is 2.32. The molecule has 1 amide bonds. The minimum atomic E-state index is -0.320. The molecule has 0 fully saturated rings. The molecule has 30 heavy (non-hydrogen) atoms. The molecule has 0 radical (unpaired) electrons. The molecule has 0 saturated heterocycles. The normalized spacial score (nSPS) is 12.4. The fourth-order valence-corrected chi connectivity index (χ4v) is 3.70. The van der Waals surface area contributed by atoms with Gasteiger partial charge in [0.2, 0.25) is 5.91 Å². The largest absolute Gasteiger partial charge is 0.486 e. The molecule has 1 N–H and O–H groups in total. The molecule has 0 spiro atoms. The average Bonchev–Trinajstić information content (AvgIpc) is 3.15. The van der Waals surface area contributed by atoms with Crippen molar-refractivity contribution >= 4 is 23.4 Å². The third-order valence-corrected chi connectivity index (χ3v) is 5.26. The Balaban J connectivity index is 1.43. The maximum absolute atomic E-state index is 13.2. The molecule has 1 aliphatic rings. The number of nitrogens with one attached hydrogen (secondary N) is 1. The molecule has 2 heterocycles. The van der Waals surface area contributed by atoms with Crippen molar-refractivity contribution in [3.8, 4) is 22.9 Å². The van der Waals surface area contributed by atoms with E-state index in [1.165, 1.54) is 23.9 Å². The summed E-state index contributed by atoms with van der Waals surface area (Å²) >= 11 is 1.26. The summed E-state index contributed by atoms with van der Waals surface area (Å²) in [5, 5.41) is 11.8. The third-order valence-electron chi connectivity index (χ3n) is 4.29. The molecule has 0 bridgehead atoms. The van der Waals surface area contributed by atoms with Gasteiger partial charge in [-0.15, -0.1) is 16.8 Å². The summed E-state index contributed by atoms with van der Waals surface area (Å²) in [5.74, 6) is 1.50. The van der Waals surface area contributed by atoms with Crippen LogP contribution in [-0.2, 0) is 11.3 Å². The number of allylic oxidation sites excluding steroid dienone is 1. The second-order valence-corrected chi connectivity index (χ2v) is 7.35. The fraction of sp³-hybridized carbons (Fsp3) is 0.190. The summed E-state index contributed by atoms with van der Waals surface area (Å²) in [4.78, 5) is 12.4. The Hall–Kier alpha value is -3.33. The Morgan fingerprint density at radius 1 is 1.17 bits per heavy atom. The van der Waals surface area contributed by atoms with E-state index in [9.17, 15) is 9.18 Å². The molecule has 9 heteroatoms. The summed E-state index contributed by atoms with van der Waals surface area (Å²) in [6.07, 6.45) is 1.72. The zero-order valence-electron chi connectivity index (χ0n) is 16.0. The van der Waals surface area contributed by atoms with E-state index >= 15 is 0 Å². The van der Waals surface area contributed by atoms with E-state index in [2.05, 4.69) is 22.1 Å². The molecule has 3 aromatic rings. The standard InChI is InChI=1S/C21H19FN4O3S/c1-2-9-26-20(14-3-5-15(22)6-4-14)24-25-21(26)30-13-19(27)23-16-7-8-17-18(12-16)29-11-10-28-17/h2-8,12H,1,9-11,13H2,(H,23,27). The van der Waals surface area contributed by atoms with Gasteiger partial charge in [0.1, 0.15) is 19.0 Å². The van der Waals surface area contributed by atoms with Crippen molar-refractivity contribution in [2.45, 2.75) is 11.7 Å². The number of amides is 1. The summed E-state index contributed by atoms with van der Waals surface area (Å²) in [6.45, 7) is 5.23. The van der Waals surface area contributed by atoms with Gasteiger partial charge in [-0.3, -0.25) is 9.36 Å². The van der Waals surface area contributed by atoms with Gasteiger partial charge in [0.05, 0.1) is 5.75 Å². The zero-order valence-corrected chi connectivity index (χ0v) is 16.8. The maximum Gasteiger partial charge on any atom is 0.234 e. The maximum atomic E-state index is 13.2. The third kappa shape index (κ3) is 4.46. The first-order chi connectivity index (χ1) is 14.6. The quantitative estimate of drug-likeness (QED) is 0.458. The van der Waals surface area contributed by atoms with E-state index in [-0.39, 0.29) is 17.5 Å². The summed E-state index contributed by atoms with van der Waals surface area (Å²) < 4.78 is 26.1. The van der Waals surface area contributed by atoms with E-state index in [4.69, 9.17) is 9.47 Å². The molecule has 154 valence electrons. The number of nitrogens with zero attached hydrogens (tertiary/aromatic N) is 3. The zero-order chi connectivity index (χ0) is 20.9. The second kappa shape index (κ2) is 9.00. The number of aromatic nitrogens is 3. The number of hydrogen-bond donors (Lipinski definition) is 1. The molecule has 2 aromatic carbocycles. The highest BCUT2D eigenvalue weighted by molar-refractivity contribution is 7.99. The van der Waals surface area contributed by atoms with E-state index in [0.29, 0.717) is 47.9 Å². The Labute approximate surface area is 176 Å². The number of carbonyl (C=O) groups is 1. The van der Waals surface area contributed by atoms with Crippen LogP contribution in [0.5, 0.6) is 11.5 Å². The minimum Gasteiger partial charge on any atom is -0.486 e. The lowest BCUT2D eigenvalue weighted by atomic mass is 10.2. The number of halogens is 1. The van der Waals surface area contributed by atoms with Crippen molar-refractivity contribution in [1.29, 1.82) is 0 Å². The fourth-order valence-electron chi connectivity index (χ4n) is 2.95.